The van der Waals surface area contributed by atoms with Gasteiger partial charge in [-0.1, -0.05) is 0 Å². The summed E-state index contributed by atoms with van der Waals surface area (Å²) in [6.45, 7) is 0. The zero-order valence-electron chi connectivity index (χ0n) is 6.65. The topological polar surface area (TPSA) is 102 Å². The molecular weight excluding hydrogens is 200 g/mol. The van der Waals surface area contributed by atoms with Crippen molar-refractivity contribution in [1.82, 2.24) is 4.98 Å². The minimum atomic E-state index is -3.11. The normalized spacial score (nSPS) is 10.5. The molecule has 6 nitrogen and oxygen atoms in total. The highest BCUT2D eigenvalue weighted by Gasteiger charge is 2.25. The van der Waals surface area contributed by atoms with E-state index in [2.05, 4.69) is 4.98 Å². The third-order valence-corrected chi connectivity index (χ3v) is 1.44. The highest BCUT2D eigenvalue weighted by molar-refractivity contribution is 5.53. The second-order valence-electron chi connectivity index (χ2n) is 2.35. The van der Waals surface area contributed by atoms with Gasteiger partial charge in [0, 0.05) is 0 Å². The number of aromatic hydroxyl groups is 1. The molecule has 0 unspecified atom stereocenters. The van der Waals surface area contributed by atoms with Crippen LogP contribution in [0.2, 0.25) is 0 Å². The zero-order chi connectivity index (χ0) is 10.9. The molecule has 1 aromatic rings. The molecule has 76 valence electrons. The number of hydrogen-bond donors (Lipinski definition) is 2. The first kappa shape index (κ1) is 10.1. The van der Waals surface area contributed by atoms with Gasteiger partial charge in [-0.25, -0.2) is 13.8 Å². The molecule has 3 N–H and O–H groups in total. The molecule has 0 aliphatic rings. The highest BCUT2D eigenvalue weighted by atomic mass is 19.3. The molecule has 0 saturated heterocycles. The molecule has 0 amide bonds. The summed E-state index contributed by atoms with van der Waals surface area (Å²) in [5.41, 5.74) is 3.01. The van der Waals surface area contributed by atoms with Gasteiger partial charge in [-0.05, 0) is 0 Å². The molecule has 1 heterocycles. The van der Waals surface area contributed by atoms with Gasteiger partial charge in [0.1, 0.15) is 0 Å². The van der Waals surface area contributed by atoms with Gasteiger partial charge >= 0.3 is 5.69 Å². The summed E-state index contributed by atoms with van der Waals surface area (Å²) in [6.07, 6.45) is -3.11. The lowest BCUT2D eigenvalue weighted by Gasteiger charge is -2.03. The Labute approximate surface area is 76.1 Å². The van der Waals surface area contributed by atoms with Crippen LogP contribution in [-0.2, 0) is 0 Å². The first-order valence-corrected chi connectivity index (χ1v) is 3.35. The van der Waals surface area contributed by atoms with Crippen molar-refractivity contribution in [2.75, 3.05) is 5.73 Å². The summed E-state index contributed by atoms with van der Waals surface area (Å²) < 4.78 is 24.4. The summed E-state index contributed by atoms with van der Waals surface area (Å²) >= 11 is 0. The molecule has 1 aromatic heterocycles. The fraction of sp³-hybridized carbons (Fsp3) is 0.167. The van der Waals surface area contributed by atoms with Crippen molar-refractivity contribution in [1.29, 1.82) is 0 Å². The molecule has 8 heteroatoms. The molecule has 0 aromatic carbocycles. The van der Waals surface area contributed by atoms with Crippen molar-refractivity contribution in [3.05, 3.63) is 21.9 Å². The smallest absolute Gasteiger partial charge is 0.300 e. The molecule has 0 bridgehead atoms. The number of pyridine rings is 1. The van der Waals surface area contributed by atoms with E-state index in [9.17, 15) is 18.9 Å². The molecule has 0 saturated carbocycles. The largest absolute Gasteiger partial charge is 0.504 e. The Hall–Kier alpha value is -1.99. The molecule has 0 fully saturated rings. The van der Waals surface area contributed by atoms with E-state index < -0.39 is 34.3 Å². The van der Waals surface area contributed by atoms with Crippen LogP contribution in [0.3, 0.4) is 0 Å². The Morgan fingerprint density at radius 1 is 1.64 bits per heavy atom. The average Bonchev–Trinajstić information content (AvgIpc) is 2.08. The molecule has 1 rings (SSSR count). The van der Waals surface area contributed by atoms with Gasteiger partial charge in [0.2, 0.25) is 0 Å². The predicted molar refractivity (Wildman–Crippen MR) is 41.9 cm³/mol. The number of nitro groups is 1. The summed E-state index contributed by atoms with van der Waals surface area (Å²) in [5, 5.41) is 19.2. The van der Waals surface area contributed by atoms with Gasteiger partial charge < -0.3 is 10.8 Å². The molecule has 0 spiro atoms. The van der Waals surface area contributed by atoms with Gasteiger partial charge in [-0.15, -0.1) is 0 Å². The Bertz CT molecular complexity index is 383. The number of rotatable bonds is 2. The number of aromatic nitrogens is 1. The molecule has 0 aliphatic carbocycles. The molecule has 0 radical (unpaired) electrons. The van der Waals surface area contributed by atoms with Crippen LogP contribution in [0.1, 0.15) is 12.1 Å². The van der Waals surface area contributed by atoms with Gasteiger partial charge in [0.05, 0.1) is 11.0 Å². The Morgan fingerprint density at radius 2 is 2.21 bits per heavy atom. The van der Waals surface area contributed by atoms with E-state index >= 15 is 0 Å². The minimum Gasteiger partial charge on any atom is -0.504 e. The van der Waals surface area contributed by atoms with E-state index in [-0.39, 0.29) is 0 Å². The van der Waals surface area contributed by atoms with E-state index in [4.69, 9.17) is 10.8 Å². The van der Waals surface area contributed by atoms with Crippen molar-refractivity contribution >= 4 is 11.5 Å². The van der Waals surface area contributed by atoms with E-state index in [0.29, 0.717) is 6.07 Å². The lowest BCUT2D eigenvalue weighted by Crippen LogP contribution is -2.02. The van der Waals surface area contributed by atoms with E-state index in [0.717, 1.165) is 0 Å². The van der Waals surface area contributed by atoms with Crippen LogP contribution in [0.5, 0.6) is 5.75 Å². The Kier molecular flexibility index (Phi) is 2.45. The standard InChI is InChI=1S/C6H5F2N3O3/c7-5(8)4-2(11(13)14)1-3(12)6(9)10-4/h1,5,12H,(H2,9,10). The maximum absolute atomic E-state index is 12.2. The summed E-state index contributed by atoms with van der Waals surface area (Å²) in [7, 11) is 0. The van der Waals surface area contributed by atoms with Crippen LogP contribution in [-0.4, -0.2) is 15.0 Å². The number of alkyl halides is 2. The van der Waals surface area contributed by atoms with Crippen molar-refractivity contribution in [2.45, 2.75) is 6.43 Å². The van der Waals surface area contributed by atoms with E-state index in [1.165, 1.54) is 0 Å². The van der Waals surface area contributed by atoms with Gasteiger partial charge in [-0.3, -0.25) is 10.1 Å². The monoisotopic (exact) mass is 205 g/mol. The van der Waals surface area contributed by atoms with Crippen LogP contribution in [0.15, 0.2) is 6.07 Å². The van der Waals surface area contributed by atoms with E-state index in [1.807, 2.05) is 0 Å². The first-order chi connectivity index (χ1) is 6.43. The van der Waals surface area contributed by atoms with Crippen molar-refractivity contribution in [2.24, 2.45) is 0 Å². The Balaban J connectivity index is 3.39. The van der Waals surface area contributed by atoms with Crippen LogP contribution in [0.25, 0.3) is 0 Å². The number of nitrogens with two attached hydrogens (primary N) is 1. The van der Waals surface area contributed by atoms with Crippen molar-refractivity contribution in [3.63, 3.8) is 0 Å². The summed E-state index contributed by atoms with van der Waals surface area (Å²) in [5.74, 6) is -1.26. The molecular formula is C6H5F2N3O3. The maximum atomic E-state index is 12.2. The SMILES string of the molecule is Nc1nc(C(F)F)c([N+](=O)[O-])cc1O. The number of anilines is 1. The van der Waals surface area contributed by atoms with Crippen molar-refractivity contribution in [3.8, 4) is 5.75 Å². The zero-order valence-corrected chi connectivity index (χ0v) is 6.65. The first-order valence-electron chi connectivity index (χ1n) is 3.35. The fourth-order valence-electron chi connectivity index (χ4n) is 0.829. The number of nitrogen functional groups attached to an aromatic ring is 1. The van der Waals surface area contributed by atoms with Gasteiger partial charge in [0.25, 0.3) is 6.43 Å². The van der Waals surface area contributed by atoms with Crippen LogP contribution >= 0.6 is 0 Å². The number of halogens is 2. The second-order valence-corrected chi connectivity index (χ2v) is 2.35. The third kappa shape index (κ3) is 1.68. The molecule has 0 atom stereocenters. The lowest BCUT2D eigenvalue weighted by molar-refractivity contribution is -0.386. The average molecular weight is 205 g/mol. The van der Waals surface area contributed by atoms with E-state index in [1.54, 1.807) is 0 Å². The molecule has 0 aliphatic heterocycles. The Morgan fingerprint density at radius 3 is 2.64 bits per heavy atom. The van der Waals surface area contributed by atoms with Crippen LogP contribution in [0, 0.1) is 10.1 Å². The predicted octanol–water partition coefficient (Wildman–Crippen LogP) is 1.22. The lowest BCUT2D eigenvalue weighted by atomic mass is 10.3. The van der Waals surface area contributed by atoms with Crippen LogP contribution in [0.4, 0.5) is 20.3 Å². The summed E-state index contributed by atoms with van der Waals surface area (Å²) in [6, 6.07) is 0.545. The summed E-state index contributed by atoms with van der Waals surface area (Å²) in [4.78, 5) is 12.2. The number of hydrogen-bond acceptors (Lipinski definition) is 5. The number of nitrogens with zero attached hydrogens (tertiary/aromatic N) is 2. The second kappa shape index (κ2) is 3.40. The highest BCUT2D eigenvalue weighted by Crippen LogP contribution is 2.32. The quantitative estimate of drug-likeness (QED) is 0.558. The van der Waals surface area contributed by atoms with Crippen LogP contribution < -0.4 is 5.73 Å². The molecule has 14 heavy (non-hydrogen) atoms. The van der Waals surface area contributed by atoms with Crippen molar-refractivity contribution < 1.29 is 18.8 Å². The van der Waals surface area contributed by atoms with Gasteiger partial charge in [0.15, 0.2) is 17.3 Å². The van der Waals surface area contributed by atoms with Gasteiger partial charge in [-0.2, -0.15) is 0 Å². The minimum absolute atomic E-state index is 0.545. The third-order valence-electron chi connectivity index (χ3n) is 1.44. The maximum Gasteiger partial charge on any atom is 0.300 e. The fourth-order valence-corrected chi connectivity index (χ4v) is 0.829.